The lowest BCUT2D eigenvalue weighted by Gasteiger charge is -2.43. The molecule has 3 saturated heterocycles. The summed E-state index contributed by atoms with van der Waals surface area (Å²) in [5, 5.41) is 10.8. The molecule has 1 amide bonds. The molecule has 3 fully saturated rings. The summed E-state index contributed by atoms with van der Waals surface area (Å²) in [6.07, 6.45) is -3.27. The van der Waals surface area contributed by atoms with E-state index in [1.54, 1.807) is 17.0 Å². The maximum Gasteiger partial charge on any atom is 0.420 e. The molecule has 6 rings (SSSR count). The van der Waals surface area contributed by atoms with Gasteiger partial charge in [0, 0.05) is 38.3 Å². The number of halogens is 6. The van der Waals surface area contributed by atoms with Crippen molar-refractivity contribution in [3.63, 3.8) is 0 Å². The Bertz CT molecular complexity index is 1720. The van der Waals surface area contributed by atoms with Gasteiger partial charge < -0.3 is 14.9 Å². The number of hydrogen-bond acceptors (Lipinski definition) is 5. The first-order valence-corrected chi connectivity index (χ1v) is 16.3. The molecule has 45 heavy (non-hydrogen) atoms. The third-order valence-corrected chi connectivity index (χ3v) is 11.2. The van der Waals surface area contributed by atoms with Crippen molar-refractivity contribution in [3.05, 3.63) is 87.9 Å². The molecule has 0 saturated carbocycles. The summed E-state index contributed by atoms with van der Waals surface area (Å²) in [6, 6.07) is 9.88. The predicted molar refractivity (Wildman–Crippen MR) is 157 cm³/mol. The van der Waals surface area contributed by atoms with E-state index in [4.69, 9.17) is 11.6 Å². The Hall–Kier alpha value is -3.42. The van der Waals surface area contributed by atoms with Crippen LogP contribution in [0.4, 0.5) is 27.6 Å². The number of carbonyl (C=O) groups is 1. The molecule has 0 aliphatic carbocycles. The van der Waals surface area contributed by atoms with Gasteiger partial charge in [-0.3, -0.25) is 4.79 Å². The van der Waals surface area contributed by atoms with Crippen LogP contribution in [-0.4, -0.2) is 66.9 Å². The summed E-state index contributed by atoms with van der Waals surface area (Å²) >= 11 is 6.09. The van der Waals surface area contributed by atoms with Gasteiger partial charge in [0.05, 0.1) is 21.2 Å². The predicted octanol–water partition coefficient (Wildman–Crippen LogP) is 6.40. The first kappa shape index (κ1) is 31.6. The van der Waals surface area contributed by atoms with Gasteiger partial charge in [-0.2, -0.15) is 17.5 Å². The fourth-order valence-corrected chi connectivity index (χ4v) is 8.53. The van der Waals surface area contributed by atoms with E-state index in [1.165, 1.54) is 23.1 Å². The fraction of sp³-hybridized carbons (Fsp3) is 0.387. The van der Waals surface area contributed by atoms with Crippen molar-refractivity contribution in [1.29, 1.82) is 0 Å². The Morgan fingerprint density at radius 3 is 2.04 bits per heavy atom. The topological polar surface area (TPSA) is 81.2 Å². The Kier molecular flexibility index (Phi) is 8.23. The van der Waals surface area contributed by atoms with Gasteiger partial charge in [0.2, 0.25) is 10.0 Å². The Balaban J connectivity index is 1.28. The van der Waals surface area contributed by atoms with Crippen molar-refractivity contribution in [2.45, 2.75) is 54.8 Å². The summed E-state index contributed by atoms with van der Waals surface area (Å²) in [6.45, 7) is 0.273. The second-order valence-electron chi connectivity index (χ2n) is 11.7. The second-order valence-corrected chi connectivity index (χ2v) is 14.0. The third-order valence-electron chi connectivity index (χ3n) is 9.01. The minimum absolute atomic E-state index is 0.0300. The molecule has 3 aliphatic heterocycles. The number of hydrogen-bond donors (Lipinski definition) is 1. The number of likely N-dealkylation sites (tertiary alicyclic amines) is 1. The van der Waals surface area contributed by atoms with Gasteiger partial charge in [0.1, 0.15) is 17.2 Å². The lowest BCUT2D eigenvalue weighted by molar-refractivity contribution is -0.138. The van der Waals surface area contributed by atoms with Crippen LogP contribution in [0.15, 0.2) is 59.5 Å². The van der Waals surface area contributed by atoms with E-state index >= 15 is 0 Å². The number of fused-ring (bicyclic) bond motifs is 2. The summed E-state index contributed by atoms with van der Waals surface area (Å²) in [5.41, 5.74) is -0.779. The number of piperazine rings is 1. The number of alkyl halides is 3. The number of rotatable bonds is 5. The van der Waals surface area contributed by atoms with Crippen LogP contribution >= 0.6 is 11.6 Å². The minimum Gasteiger partial charge on any atom is -0.505 e. The average molecular weight is 670 g/mol. The van der Waals surface area contributed by atoms with Crippen molar-refractivity contribution < 1.29 is 40.3 Å². The van der Waals surface area contributed by atoms with Crippen molar-refractivity contribution >= 4 is 33.2 Å². The molecule has 0 spiro atoms. The minimum atomic E-state index is -5.05. The van der Waals surface area contributed by atoms with Crippen LogP contribution in [0.2, 0.25) is 5.02 Å². The third kappa shape index (κ3) is 5.97. The molecule has 1 N–H and O–H groups in total. The number of anilines is 1. The van der Waals surface area contributed by atoms with Gasteiger partial charge in [-0.1, -0.05) is 23.7 Å². The smallest absolute Gasteiger partial charge is 0.420 e. The van der Waals surface area contributed by atoms with E-state index in [9.17, 15) is 40.3 Å². The molecular weight excluding hydrogens is 641 g/mol. The standard InChI is InChI=1S/C31H29ClF5N3O4S/c32-27-13-21(34)5-8-25(27)30(42)38-16-22-6-7-23(17-38)40(22)28-15-24(14-26(29(28)41)31(35,36)37)45(43,44)39-11-9-19(10-12-39)18-1-3-20(33)4-2-18/h1-5,8,13-15,19,22-23,41H,6-7,9-12,16-17H2/t22-,23+. The highest BCUT2D eigenvalue weighted by atomic mass is 35.5. The van der Waals surface area contributed by atoms with E-state index in [1.807, 2.05) is 0 Å². The number of piperidine rings is 1. The summed E-state index contributed by atoms with van der Waals surface area (Å²) < 4.78 is 98.1. The molecule has 3 aromatic carbocycles. The van der Waals surface area contributed by atoms with Gasteiger partial charge >= 0.3 is 6.18 Å². The molecule has 3 aliphatic rings. The summed E-state index contributed by atoms with van der Waals surface area (Å²) in [4.78, 5) is 15.7. The van der Waals surface area contributed by atoms with Crippen LogP contribution in [0, 0.1) is 11.6 Å². The van der Waals surface area contributed by atoms with Gasteiger partial charge in [-0.15, -0.1) is 0 Å². The zero-order valence-electron chi connectivity index (χ0n) is 23.8. The summed E-state index contributed by atoms with van der Waals surface area (Å²) in [5.74, 6) is -2.56. The van der Waals surface area contributed by atoms with Crippen LogP contribution < -0.4 is 4.90 Å². The monoisotopic (exact) mass is 669 g/mol. The number of phenols is 1. The van der Waals surface area contributed by atoms with E-state index < -0.39 is 56.2 Å². The first-order valence-electron chi connectivity index (χ1n) is 14.5. The summed E-state index contributed by atoms with van der Waals surface area (Å²) in [7, 11) is -4.39. The zero-order chi connectivity index (χ0) is 32.3. The SMILES string of the molecule is O=C(c1ccc(F)cc1Cl)N1C[C@H]2CC[C@@H](C1)N2c1cc(S(=O)(=O)N2CCC(c3ccc(F)cc3)CC2)cc(C(F)(F)F)c1O. The van der Waals surface area contributed by atoms with Crippen LogP contribution in [0.25, 0.3) is 0 Å². The molecular formula is C31H29ClF5N3O4S. The molecule has 0 radical (unpaired) electrons. The van der Waals surface area contributed by atoms with Crippen molar-refractivity contribution in [2.75, 3.05) is 31.1 Å². The quantitative estimate of drug-likeness (QED) is 0.318. The first-order chi connectivity index (χ1) is 21.2. The van der Waals surface area contributed by atoms with E-state index in [0.29, 0.717) is 31.7 Å². The van der Waals surface area contributed by atoms with Crippen LogP contribution in [0.5, 0.6) is 5.75 Å². The van der Waals surface area contributed by atoms with Gasteiger partial charge in [0.15, 0.2) is 5.75 Å². The van der Waals surface area contributed by atoms with Crippen molar-refractivity contribution in [2.24, 2.45) is 0 Å². The molecule has 14 heteroatoms. The van der Waals surface area contributed by atoms with Crippen LogP contribution in [-0.2, 0) is 16.2 Å². The molecule has 2 bridgehead atoms. The Morgan fingerprint density at radius 1 is 0.867 bits per heavy atom. The van der Waals surface area contributed by atoms with E-state index in [2.05, 4.69) is 0 Å². The largest absolute Gasteiger partial charge is 0.505 e. The second kappa shape index (κ2) is 11.7. The fourth-order valence-electron chi connectivity index (χ4n) is 6.76. The van der Waals surface area contributed by atoms with Crippen LogP contribution in [0.1, 0.15) is 53.1 Å². The molecule has 3 aromatic rings. The average Bonchev–Trinajstić information content (AvgIpc) is 3.24. The normalized spacial score (nSPS) is 21.4. The Labute approximate surface area is 261 Å². The highest BCUT2D eigenvalue weighted by Gasteiger charge is 2.46. The number of phenolic OH excluding ortho intramolecular Hbond substituents is 1. The van der Waals surface area contributed by atoms with E-state index in [0.717, 1.165) is 28.1 Å². The molecule has 0 aromatic heterocycles. The highest BCUT2D eigenvalue weighted by molar-refractivity contribution is 7.89. The molecule has 2 atom stereocenters. The number of benzene rings is 3. The van der Waals surface area contributed by atoms with Crippen molar-refractivity contribution in [1.82, 2.24) is 9.21 Å². The molecule has 3 heterocycles. The number of amides is 1. The molecule has 7 nitrogen and oxygen atoms in total. The number of carbonyl (C=O) groups excluding carboxylic acids is 1. The van der Waals surface area contributed by atoms with E-state index in [-0.39, 0.29) is 54.2 Å². The van der Waals surface area contributed by atoms with Crippen molar-refractivity contribution in [3.8, 4) is 5.75 Å². The maximum absolute atomic E-state index is 14.2. The molecule has 0 unspecified atom stereocenters. The lowest BCUT2D eigenvalue weighted by Crippen LogP contribution is -2.55. The number of aromatic hydroxyl groups is 1. The van der Waals surface area contributed by atoms with Gasteiger partial charge in [-0.05, 0) is 79.6 Å². The van der Waals surface area contributed by atoms with Crippen LogP contribution in [0.3, 0.4) is 0 Å². The molecule has 240 valence electrons. The maximum atomic E-state index is 14.2. The number of nitrogens with zero attached hydrogens (tertiary/aromatic N) is 3. The van der Waals surface area contributed by atoms with Gasteiger partial charge in [0.25, 0.3) is 5.91 Å². The lowest BCUT2D eigenvalue weighted by atomic mass is 9.90. The van der Waals surface area contributed by atoms with Gasteiger partial charge in [-0.25, -0.2) is 17.2 Å². The number of sulfonamides is 1. The zero-order valence-corrected chi connectivity index (χ0v) is 25.3. The highest BCUT2D eigenvalue weighted by Crippen LogP contribution is 2.47. The Morgan fingerprint density at radius 2 is 1.47 bits per heavy atom.